The number of carbonyl (C=O) groups is 1. The minimum absolute atomic E-state index is 0.264. The highest BCUT2D eigenvalue weighted by atomic mass is 19.1. The van der Waals surface area contributed by atoms with E-state index < -0.39 is 11.8 Å². The van der Waals surface area contributed by atoms with Gasteiger partial charge in [0.1, 0.15) is 11.5 Å². The van der Waals surface area contributed by atoms with Gasteiger partial charge in [-0.05, 0) is 36.4 Å². The number of piperazine rings is 1. The topological polar surface area (TPSA) is 94.4 Å². The highest BCUT2D eigenvalue weighted by molar-refractivity contribution is 5.88. The molecule has 0 aliphatic carbocycles. The molecule has 170 valence electrons. The van der Waals surface area contributed by atoms with Gasteiger partial charge in [0, 0.05) is 45.5 Å². The van der Waals surface area contributed by atoms with E-state index in [2.05, 4.69) is 26.2 Å². The van der Waals surface area contributed by atoms with Gasteiger partial charge in [0.05, 0.1) is 23.7 Å². The van der Waals surface area contributed by atoms with Gasteiger partial charge in [-0.15, -0.1) is 0 Å². The fraction of sp³-hybridized carbons (Fsp3) is 0.333. The van der Waals surface area contributed by atoms with Crippen LogP contribution in [-0.2, 0) is 9.53 Å². The minimum atomic E-state index is -1.09. The van der Waals surface area contributed by atoms with E-state index in [1.54, 1.807) is 19.2 Å². The molecule has 1 amide bonds. The van der Waals surface area contributed by atoms with E-state index in [-0.39, 0.29) is 5.82 Å². The molecule has 2 heterocycles. The molecule has 1 N–H and O–H groups in total. The molecule has 1 fully saturated rings. The van der Waals surface area contributed by atoms with Gasteiger partial charge in [-0.25, -0.2) is 14.4 Å². The number of methoxy groups -OCH3 is 1. The highest BCUT2D eigenvalue weighted by Crippen LogP contribution is 2.29. The van der Waals surface area contributed by atoms with Crippen LogP contribution >= 0.6 is 0 Å². The summed E-state index contributed by atoms with van der Waals surface area (Å²) in [4.78, 5) is 26.5. The number of nitriles is 1. The van der Waals surface area contributed by atoms with Crippen molar-refractivity contribution in [2.24, 2.45) is 0 Å². The first-order chi connectivity index (χ1) is 16.1. The molecule has 33 heavy (non-hydrogen) atoms. The lowest BCUT2D eigenvalue weighted by Crippen LogP contribution is -2.47. The van der Waals surface area contributed by atoms with Crippen LogP contribution in [0.1, 0.15) is 11.6 Å². The molecule has 2 aromatic carbocycles. The molecule has 0 unspecified atom stereocenters. The molecule has 0 bridgehead atoms. The average molecular weight is 449 g/mol. The molecule has 3 aromatic rings. The van der Waals surface area contributed by atoms with Crippen LogP contribution in [0.25, 0.3) is 11.0 Å². The zero-order chi connectivity index (χ0) is 23.2. The Morgan fingerprint density at radius 2 is 1.73 bits per heavy atom. The third-order valence-electron chi connectivity index (χ3n) is 5.62. The maximum atomic E-state index is 13.3. The summed E-state index contributed by atoms with van der Waals surface area (Å²) in [6.07, 6.45) is 0. The molecule has 1 atom stereocenters. The molecular weight excluding hydrogens is 423 g/mol. The summed E-state index contributed by atoms with van der Waals surface area (Å²) in [7, 11) is 1.55. The second-order valence-corrected chi connectivity index (χ2v) is 7.72. The maximum absolute atomic E-state index is 13.3. The molecule has 4 rings (SSSR count). The lowest BCUT2D eigenvalue weighted by molar-refractivity contribution is -0.121. The Bertz CT molecular complexity index is 1160. The first-order valence-corrected chi connectivity index (χ1v) is 10.8. The van der Waals surface area contributed by atoms with E-state index in [0.717, 1.165) is 5.69 Å². The van der Waals surface area contributed by atoms with E-state index in [9.17, 15) is 14.4 Å². The zero-order valence-corrected chi connectivity index (χ0v) is 18.4. The Balaban J connectivity index is 1.61. The number of hydrogen-bond acceptors (Lipinski definition) is 7. The molecule has 0 spiro atoms. The Morgan fingerprint density at radius 1 is 1.09 bits per heavy atom. The van der Waals surface area contributed by atoms with E-state index in [0.29, 0.717) is 61.9 Å². The molecule has 1 aliphatic heterocycles. The molecular formula is C24H25FN6O2. The van der Waals surface area contributed by atoms with Crippen LogP contribution in [0.3, 0.4) is 0 Å². The van der Waals surface area contributed by atoms with Crippen molar-refractivity contribution in [3.63, 3.8) is 0 Å². The molecule has 1 aromatic heterocycles. The van der Waals surface area contributed by atoms with Gasteiger partial charge in [0.25, 0.3) is 0 Å². The van der Waals surface area contributed by atoms with Gasteiger partial charge in [-0.2, -0.15) is 5.26 Å². The largest absolute Gasteiger partial charge is 0.383 e. The minimum Gasteiger partial charge on any atom is -0.383 e. The summed E-state index contributed by atoms with van der Waals surface area (Å²) in [6, 6.07) is 16.0. The molecule has 9 heteroatoms. The van der Waals surface area contributed by atoms with Crippen molar-refractivity contribution >= 4 is 28.4 Å². The van der Waals surface area contributed by atoms with Gasteiger partial charge >= 0.3 is 0 Å². The number of benzene rings is 2. The summed E-state index contributed by atoms with van der Waals surface area (Å²) in [5, 5.41) is 12.6. The third kappa shape index (κ3) is 5.02. The number of para-hydroxylation sites is 2. The number of aromatic nitrogens is 2. The first-order valence-electron chi connectivity index (χ1n) is 10.8. The lowest BCUT2D eigenvalue weighted by atomic mass is 10.0. The van der Waals surface area contributed by atoms with Crippen molar-refractivity contribution in [3.8, 4) is 6.07 Å². The predicted octanol–water partition coefficient (Wildman–Crippen LogP) is 2.47. The number of fused-ring (bicyclic) bond motifs is 1. The van der Waals surface area contributed by atoms with Crippen molar-refractivity contribution in [1.29, 1.82) is 5.26 Å². The van der Waals surface area contributed by atoms with Gasteiger partial charge in [-0.3, -0.25) is 4.79 Å². The van der Waals surface area contributed by atoms with Crippen LogP contribution in [0.15, 0.2) is 48.5 Å². The van der Waals surface area contributed by atoms with E-state index in [4.69, 9.17) is 9.72 Å². The summed E-state index contributed by atoms with van der Waals surface area (Å²) >= 11 is 0. The van der Waals surface area contributed by atoms with Crippen LogP contribution in [0.5, 0.6) is 0 Å². The molecule has 8 nitrogen and oxygen atoms in total. The number of halogens is 1. The third-order valence-corrected chi connectivity index (χ3v) is 5.62. The number of hydrogen-bond donors (Lipinski definition) is 1. The monoisotopic (exact) mass is 448 g/mol. The maximum Gasteiger partial charge on any atom is 0.243 e. The number of nitrogens with one attached hydrogen (secondary N) is 1. The second-order valence-electron chi connectivity index (χ2n) is 7.72. The van der Waals surface area contributed by atoms with E-state index in [1.807, 2.05) is 24.3 Å². The van der Waals surface area contributed by atoms with Crippen LogP contribution in [-0.4, -0.2) is 62.3 Å². The number of amides is 1. The Labute approximate surface area is 191 Å². The van der Waals surface area contributed by atoms with Crippen molar-refractivity contribution < 1.29 is 13.9 Å². The summed E-state index contributed by atoms with van der Waals surface area (Å²) in [5.74, 6) is -1.24. The van der Waals surface area contributed by atoms with Gasteiger partial charge in [0.2, 0.25) is 5.91 Å². The fourth-order valence-corrected chi connectivity index (χ4v) is 3.88. The summed E-state index contributed by atoms with van der Waals surface area (Å²) in [5.41, 5.74) is 2.63. The molecule has 1 saturated heterocycles. The SMILES string of the molecule is COCCNC(=O)[C@H](C#N)c1nc2ccccc2nc1N1CCN(c2ccc(F)cc2)CC1. The summed E-state index contributed by atoms with van der Waals surface area (Å²) < 4.78 is 18.3. The summed E-state index contributed by atoms with van der Waals surface area (Å²) in [6.45, 7) is 3.29. The lowest BCUT2D eigenvalue weighted by Gasteiger charge is -2.37. The van der Waals surface area contributed by atoms with Gasteiger partial charge < -0.3 is 19.9 Å². The quantitative estimate of drug-likeness (QED) is 0.555. The number of carbonyl (C=O) groups excluding carboxylic acids is 1. The molecule has 1 aliphatic rings. The van der Waals surface area contributed by atoms with Crippen molar-refractivity contribution in [3.05, 3.63) is 60.0 Å². The van der Waals surface area contributed by atoms with Crippen LogP contribution in [0.2, 0.25) is 0 Å². The van der Waals surface area contributed by atoms with Gasteiger partial charge in [-0.1, -0.05) is 12.1 Å². The standard InChI is InChI=1S/C24H25FN6O2/c1-33-15-10-27-24(32)19(16-26)22-23(29-21-5-3-2-4-20(21)28-22)31-13-11-30(12-14-31)18-8-6-17(25)7-9-18/h2-9,19H,10-15H2,1H3,(H,27,32)/t19-/m1/s1. The van der Waals surface area contributed by atoms with Crippen LogP contribution in [0, 0.1) is 17.1 Å². The first kappa shape index (κ1) is 22.4. The van der Waals surface area contributed by atoms with Gasteiger partial charge in [0.15, 0.2) is 11.7 Å². The van der Waals surface area contributed by atoms with Crippen molar-refractivity contribution in [2.45, 2.75) is 5.92 Å². The fourth-order valence-electron chi connectivity index (χ4n) is 3.88. The average Bonchev–Trinajstić information content (AvgIpc) is 2.85. The van der Waals surface area contributed by atoms with Crippen LogP contribution < -0.4 is 15.1 Å². The van der Waals surface area contributed by atoms with Crippen LogP contribution in [0.4, 0.5) is 15.9 Å². The van der Waals surface area contributed by atoms with E-state index in [1.165, 1.54) is 12.1 Å². The Kier molecular flexibility index (Phi) is 6.95. The van der Waals surface area contributed by atoms with Crippen molar-refractivity contribution in [2.75, 3.05) is 56.2 Å². The number of ether oxygens (including phenoxy) is 1. The van der Waals surface area contributed by atoms with E-state index >= 15 is 0 Å². The second kappa shape index (κ2) is 10.2. The zero-order valence-electron chi connectivity index (χ0n) is 18.4. The molecule has 0 radical (unpaired) electrons. The number of nitrogens with zero attached hydrogens (tertiary/aromatic N) is 5. The Morgan fingerprint density at radius 3 is 2.36 bits per heavy atom. The highest BCUT2D eigenvalue weighted by Gasteiger charge is 2.30. The van der Waals surface area contributed by atoms with Crippen molar-refractivity contribution in [1.82, 2.24) is 15.3 Å². The normalized spacial score (nSPS) is 14.7. The predicted molar refractivity (Wildman–Crippen MR) is 124 cm³/mol. The molecule has 0 saturated carbocycles. The number of anilines is 2. The Hall–Kier alpha value is -3.77. The number of rotatable bonds is 7. The smallest absolute Gasteiger partial charge is 0.243 e.